The number of hydrazine groups is 1. The quantitative estimate of drug-likeness (QED) is 0.493. The van der Waals surface area contributed by atoms with Crippen molar-refractivity contribution in [1.29, 1.82) is 0 Å². The molecule has 2 aliphatic rings. The summed E-state index contributed by atoms with van der Waals surface area (Å²) in [5.74, 6) is -0.747. The molecule has 2 rings (SSSR count). The summed E-state index contributed by atoms with van der Waals surface area (Å²) < 4.78 is 0. The minimum absolute atomic E-state index is 0.0618. The number of aliphatic carboxylic acids is 1. The molecule has 2 unspecified atom stereocenters. The maximum atomic E-state index is 10.4. The first-order chi connectivity index (χ1) is 7.25. The van der Waals surface area contributed by atoms with Crippen LogP contribution in [0, 0.1) is 0 Å². The highest BCUT2D eigenvalue weighted by Crippen LogP contribution is 2.11. The maximum absolute atomic E-state index is 10.4. The smallest absolute Gasteiger partial charge is 0.303 e. The first-order valence-electron chi connectivity index (χ1n) is 5.48. The summed E-state index contributed by atoms with van der Waals surface area (Å²) >= 11 is 0. The lowest BCUT2D eigenvalue weighted by Gasteiger charge is -2.22. The SMILES string of the molecule is O=C(O)CCC1NNC(N2CCCC2)N1. The Kier molecular flexibility index (Phi) is 3.53. The molecule has 6 heteroatoms. The van der Waals surface area contributed by atoms with Crippen molar-refractivity contribution in [2.75, 3.05) is 13.1 Å². The van der Waals surface area contributed by atoms with Gasteiger partial charge in [0.05, 0.1) is 6.17 Å². The van der Waals surface area contributed by atoms with Crippen molar-refractivity contribution in [2.24, 2.45) is 0 Å². The lowest BCUT2D eigenvalue weighted by molar-refractivity contribution is -0.137. The van der Waals surface area contributed by atoms with Crippen molar-refractivity contribution < 1.29 is 9.90 Å². The van der Waals surface area contributed by atoms with E-state index in [2.05, 4.69) is 21.1 Å². The number of rotatable bonds is 4. The van der Waals surface area contributed by atoms with Crippen LogP contribution in [0.4, 0.5) is 0 Å². The Balaban J connectivity index is 1.71. The summed E-state index contributed by atoms with van der Waals surface area (Å²) in [6.07, 6.45) is 3.52. The highest BCUT2D eigenvalue weighted by Gasteiger charge is 2.28. The van der Waals surface area contributed by atoms with E-state index in [0.29, 0.717) is 6.42 Å². The molecule has 2 atom stereocenters. The highest BCUT2D eigenvalue weighted by molar-refractivity contribution is 5.66. The predicted octanol–water partition coefficient (Wildman–Crippen LogP) is -0.746. The van der Waals surface area contributed by atoms with E-state index < -0.39 is 5.97 Å². The molecule has 0 spiro atoms. The van der Waals surface area contributed by atoms with Crippen molar-refractivity contribution in [3.05, 3.63) is 0 Å². The number of likely N-dealkylation sites (tertiary alicyclic amines) is 1. The molecule has 0 amide bonds. The van der Waals surface area contributed by atoms with Crippen LogP contribution in [0.1, 0.15) is 25.7 Å². The molecule has 15 heavy (non-hydrogen) atoms. The summed E-state index contributed by atoms with van der Waals surface area (Å²) in [5.41, 5.74) is 6.22. The van der Waals surface area contributed by atoms with Crippen LogP contribution in [-0.2, 0) is 4.79 Å². The Labute approximate surface area is 89.0 Å². The molecule has 2 aliphatic heterocycles. The third-order valence-electron chi connectivity index (χ3n) is 2.91. The van der Waals surface area contributed by atoms with Crippen LogP contribution in [0.5, 0.6) is 0 Å². The van der Waals surface area contributed by atoms with Crippen molar-refractivity contribution in [1.82, 2.24) is 21.1 Å². The fraction of sp³-hybridized carbons (Fsp3) is 0.889. The van der Waals surface area contributed by atoms with Gasteiger partial charge in [-0.1, -0.05) is 0 Å². The van der Waals surface area contributed by atoms with Gasteiger partial charge in [0, 0.05) is 19.5 Å². The van der Waals surface area contributed by atoms with E-state index in [1.54, 1.807) is 0 Å². The molecule has 0 aliphatic carbocycles. The first-order valence-corrected chi connectivity index (χ1v) is 5.48. The Bertz CT molecular complexity index is 230. The van der Waals surface area contributed by atoms with Crippen LogP contribution in [0.2, 0.25) is 0 Å². The van der Waals surface area contributed by atoms with Crippen LogP contribution in [0.25, 0.3) is 0 Å². The minimum atomic E-state index is -0.747. The van der Waals surface area contributed by atoms with Gasteiger partial charge in [-0.3, -0.25) is 15.0 Å². The second kappa shape index (κ2) is 4.89. The van der Waals surface area contributed by atoms with E-state index in [9.17, 15) is 4.79 Å². The molecule has 0 aromatic heterocycles. The van der Waals surface area contributed by atoms with Crippen molar-refractivity contribution in [2.45, 2.75) is 38.1 Å². The molecule has 0 bridgehead atoms. The number of hydrogen-bond donors (Lipinski definition) is 4. The lowest BCUT2D eigenvalue weighted by Crippen LogP contribution is -2.48. The molecular weight excluding hydrogens is 196 g/mol. The zero-order valence-electron chi connectivity index (χ0n) is 8.70. The van der Waals surface area contributed by atoms with Gasteiger partial charge in [0.2, 0.25) is 0 Å². The summed E-state index contributed by atoms with van der Waals surface area (Å²) in [4.78, 5) is 12.7. The van der Waals surface area contributed by atoms with Gasteiger partial charge < -0.3 is 5.11 Å². The number of carbonyl (C=O) groups is 1. The zero-order valence-corrected chi connectivity index (χ0v) is 8.70. The van der Waals surface area contributed by atoms with E-state index in [-0.39, 0.29) is 18.9 Å². The van der Waals surface area contributed by atoms with E-state index >= 15 is 0 Å². The fourth-order valence-electron chi connectivity index (χ4n) is 2.07. The monoisotopic (exact) mass is 214 g/mol. The molecule has 2 heterocycles. The average Bonchev–Trinajstić information content (AvgIpc) is 2.85. The topological polar surface area (TPSA) is 76.6 Å². The standard InChI is InChI=1S/C9H18N4O2/c14-8(15)4-3-7-10-9(12-11-7)13-5-1-2-6-13/h7,9-12H,1-6H2,(H,14,15). The molecule has 0 aromatic rings. The predicted molar refractivity (Wildman–Crippen MR) is 54.7 cm³/mol. The third-order valence-corrected chi connectivity index (χ3v) is 2.91. The molecule has 2 fully saturated rings. The van der Waals surface area contributed by atoms with Gasteiger partial charge in [0.1, 0.15) is 6.29 Å². The lowest BCUT2D eigenvalue weighted by atomic mass is 10.2. The van der Waals surface area contributed by atoms with Gasteiger partial charge in [-0.05, 0) is 19.3 Å². The zero-order chi connectivity index (χ0) is 10.7. The summed E-state index contributed by atoms with van der Waals surface area (Å²) in [6, 6.07) is 0. The number of nitrogens with one attached hydrogen (secondary N) is 3. The Morgan fingerprint density at radius 1 is 1.33 bits per heavy atom. The minimum Gasteiger partial charge on any atom is -0.481 e. The maximum Gasteiger partial charge on any atom is 0.303 e. The summed E-state index contributed by atoms with van der Waals surface area (Å²) in [5, 5.41) is 11.9. The van der Waals surface area contributed by atoms with E-state index in [1.165, 1.54) is 12.8 Å². The van der Waals surface area contributed by atoms with Crippen LogP contribution < -0.4 is 16.2 Å². The van der Waals surface area contributed by atoms with Gasteiger partial charge >= 0.3 is 5.97 Å². The Morgan fingerprint density at radius 2 is 2.07 bits per heavy atom. The van der Waals surface area contributed by atoms with Crippen LogP contribution in [0.3, 0.4) is 0 Å². The van der Waals surface area contributed by atoms with E-state index in [4.69, 9.17) is 5.11 Å². The second-order valence-corrected chi connectivity index (χ2v) is 4.09. The van der Waals surface area contributed by atoms with E-state index in [1.807, 2.05) is 0 Å². The largest absolute Gasteiger partial charge is 0.481 e. The molecule has 6 nitrogen and oxygen atoms in total. The molecule has 4 N–H and O–H groups in total. The van der Waals surface area contributed by atoms with Gasteiger partial charge in [0.25, 0.3) is 0 Å². The molecule has 86 valence electrons. The van der Waals surface area contributed by atoms with Gasteiger partial charge in [-0.25, -0.2) is 10.9 Å². The van der Waals surface area contributed by atoms with Crippen LogP contribution >= 0.6 is 0 Å². The Morgan fingerprint density at radius 3 is 2.73 bits per heavy atom. The summed E-state index contributed by atoms with van der Waals surface area (Å²) in [6.45, 7) is 2.22. The van der Waals surface area contributed by atoms with E-state index in [0.717, 1.165) is 13.1 Å². The van der Waals surface area contributed by atoms with Crippen molar-refractivity contribution in [3.8, 4) is 0 Å². The molecule has 0 radical (unpaired) electrons. The number of nitrogens with zero attached hydrogens (tertiary/aromatic N) is 1. The second-order valence-electron chi connectivity index (χ2n) is 4.09. The number of carboxylic acid groups (broad SMARTS) is 1. The van der Waals surface area contributed by atoms with Gasteiger partial charge in [0.15, 0.2) is 0 Å². The van der Waals surface area contributed by atoms with Gasteiger partial charge in [-0.2, -0.15) is 0 Å². The Hall–Kier alpha value is -0.690. The fourth-order valence-corrected chi connectivity index (χ4v) is 2.07. The molecule has 0 saturated carbocycles. The third kappa shape index (κ3) is 2.88. The van der Waals surface area contributed by atoms with Crippen molar-refractivity contribution in [3.63, 3.8) is 0 Å². The first kappa shape index (κ1) is 10.8. The number of hydrogen-bond acceptors (Lipinski definition) is 5. The molecule has 0 aromatic carbocycles. The van der Waals surface area contributed by atoms with Crippen LogP contribution in [0.15, 0.2) is 0 Å². The average molecular weight is 214 g/mol. The normalized spacial score (nSPS) is 32.3. The summed E-state index contributed by atoms with van der Waals surface area (Å²) in [7, 11) is 0. The molecular formula is C9H18N4O2. The van der Waals surface area contributed by atoms with Gasteiger partial charge in [-0.15, -0.1) is 0 Å². The van der Waals surface area contributed by atoms with Crippen LogP contribution in [-0.4, -0.2) is 41.5 Å². The number of carboxylic acids is 1. The molecule has 2 saturated heterocycles. The highest BCUT2D eigenvalue weighted by atomic mass is 16.4. The van der Waals surface area contributed by atoms with Crippen molar-refractivity contribution >= 4 is 5.97 Å².